The SMILES string of the molecule is Nc1nnc(-c2ccccc2O)cc1N1CCC2(CCN(CC3CCNCC3)CC2)CC1. The van der Waals surface area contributed by atoms with Crippen LogP contribution in [0.3, 0.4) is 0 Å². The van der Waals surface area contributed by atoms with E-state index in [0.29, 0.717) is 22.5 Å². The number of para-hydroxylation sites is 1. The van der Waals surface area contributed by atoms with Crippen LogP contribution in [0.25, 0.3) is 11.3 Å². The predicted molar refractivity (Wildman–Crippen MR) is 129 cm³/mol. The lowest BCUT2D eigenvalue weighted by molar-refractivity contribution is 0.0672. The van der Waals surface area contributed by atoms with Gasteiger partial charge in [0.2, 0.25) is 0 Å². The zero-order valence-electron chi connectivity index (χ0n) is 19.0. The van der Waals surface area contributed by atoms with E-state index in [1.807, 2.05) is 24.3 Å². The Kier molecular flexibility index (Phi) is 6.20. The van der Waals surface area contributed by atoms with E-state index in [9.17, 15) is 5.11 Å². The lowest BCUT2D eigenvalue weighted by Crippen LogP contribution is -2.48. The molecule has 3 aliphatic rings. The van der Waals surface area contributed by atoms with Gasteiger partial charge in [-0.2, -0.15) is 0 Å². The summed E-state index contributed by atoms with van der Waals surface area (Å²) in [6.45, 7) is 8.18. The monoisotopic (exact) mass is 436 g/mol. The molecule has 4 heterocycles. The number of hydrogen-bond donors (Lipinski definition) is 3. The van der Waals surface area contributed by atoms with Gasteiger partial charge in [0, 0.05) is 25.2 Å². The summed E-state index contributed by atoms with van der Waals surface area (Å²) < 4.78 is 0. The first-order valence-electron chi connectivity index (χ1n) is 12.2. The van der Waals surface area contributed by atoms with Gasteiger partial charge in [0.1, 0.15) is 5.75 Å². The van der Waals surface area contributed by atoms with Crippen molar-refractivity contribution in [3.8, 4) is 17.0 Å². The molecule has 1 aromatic heterocycles. The van der Waals surface area contributed by atoms with E-state index in [1.165, 1.54) is 71.2 Å². The molecule has 0 unspecified atom stereocenters. The smallest absolute Gasteiger partial charge is 0.169 e. The average Bonchev–Trinajstić information content (AvgIpc) is 2.83. The third-order valence-corrected chi connectivity index (χ3v) is 8.04. The summed E-state index contributed by atoms with van der Waals surface area (Å²) in [5.41, 5.74) is 9.00. The van der Waals surface area contributed by atoms with Crippen molar-refractivity contribution >= 4 is 11.5 Å². The van der Waals surface area contributed by atoms with Gasteiger partial charge in [-0.1, -0.05) is 12.1 Å². The van der Waals surface area contributed by atoms with Crippen molar-refractivity contribution in [2.75, 3.05) is 56.4 Å². The molecule has 7 nitrogen and oxygen atoms in total. The minimum absolute atomic E-state index is 0.214. The summed E-state index contributed by atoms with van der Waals surface area (Å²) in [6, 6.07) is 9.23. The Morgan fingerprint density at radius 3 is 2.41 bits per heavy atom. The van der Waals surface area contributed by atoms with E-state index in [4.69, 9.17) is 5.73 Å². The molecule has 2 aromatic rings. The summed E-state index contributed by atoms with van der Waals surface area (Å²) in [4.78, 5) is 5.08. The summed E-state index contributed by atoms with van der Waals surface area (Å²) in [6.07, 6.45) is 7.73. The Bertz CT molecular complexity index is 910. The molecule has 0 bridgehead atoms. The molecule has 1 aromatic carbocycles. The van der Waals surface area contributed by atoms with Gasteiger partial charge in [0.25, 0.3) is 0 Å². The van der Waals surface area contributed by atoms with Gasteiger partial charge in [0.05, 0.1) is 11.4 Å². The number of aromatic nitrogens is 2. The van der Waals surface area contributed by atoms with Gasteiger partial charge in [-0.25, -0.2) is 0 Å². The number of rotatable bonds is 4. The number of anilines is 2. The Hall–Kier alpha value is -2.38. The maximum absolute atomic E-state index is 10.2. The molecule has 3 saturated heterocycles. The largest absolute Gasteiger partial charge is 0.507 e. The van der Waals surface area contributed by atoms with E-state index in [0.717, 1.165) is 24.7 Å². The first-order chi connectivity index (χ1) is 15.6. The number of nitrogens with one attached hydrogen (secondary N) is 1. The normalized spacial score (nSPS) is 22.3. The molecule has 0 saturated carbocycles. The molecular formula is C25H36N6O. The number of phenols is 1. The standard InChI is InChI=1S/C25H36N6O/c26-24-22(17-21(28-29-24)20-3-1-2-4-23(20)32)31-15-9-25(10-16-31)7-13-30(14-8-25)18-19-5-11-27-12-6-19/h1-4,17,19,27,32H,5-16,18H2,(H2,26,29). The molecule has 32 heavy (non-hydrogen) atoms. The maximum Gasteiger partial charge on any atom is 0.169 e. The van der Waals surface area contributed by atoms with Crippen molar-refractivity contribution in [2.24, 2.45) is 11.3 Å². The lowest BCUT2D eigenvalue weighted by Gasteiger charge is -2.48. The summed E-state index contributed by atoms with van der Waals surface area (Å²) in [5, 5.41) is 22.1. The molecular weight excluding hydrogens is 400 g/mol. The van der Waals surface area contributed by atoms with Gasteiger partial charge in [-0.15, -0.1) is 10.2 Å². The number of nitrogens with zero attached hydrogens (tertiary/aromatic N) is 4. The van der Waals surface area contributed by atoms with Crippen molar-refractivity contribution in [3.63, 3.8) is 0 Å². The summed E-state index contributed by atoms with van der Waals surface area (Å²) in [5.74, 6) is 1.57. The second kappa shape index (κ2) is 9.24. The zero-order valence-corrected chi connectivity index (χ0v) is 19.0. The van der Waals surface area contributed by atoms with Crippen LogP contribution in [-0.4, -0.2) is 66.0 Å². The third-order valence-electron chi connectivity index (χ3n) is 8.04. The fraction of sp³-hybridized carbons (Fsp3) is 0.600. The Morgan fingerprint density at radius 2 is 1.69 bits per heavy atom. The molecule has 7 heteroatoms. The molecule has 0 aliphatic carbocycles. The van der Waals surface area contributed by atoms with Crippen LogP contribution in [0.2, 0.25) is 0 Å². The van der Waals surface area contributed by atoms with Crippen molar-refractivity contribution in [1.29, 1.82) is 0 Å². The molecule has 0 radical (unpaired) electrons. The Balaban J connectivity index is 1.20. The van der Waals surface area contributed by atoms with E-state index in [-0.39, 0.29) is 5.75 Å². The third kappa shape index (κ3) is 4.55. The second-order valence-corrected chi connectivity index (χ2v) is 10.00. The topological polar surface area (TPSA) is 90.5 Å². The average molecular weight is 437 g/mol. The molecule has 3 aliphatic heterocycles. The molecule has 3 fully saturated rings. The second-order valence-electron chi connectivity index (χ2n) is 10.00. The van der Waals surface area contributed by atoms with Crippen LogP contribution in [0, 0.1) is 11.3 Å². The Labute approximate surface area is 191 Å². The van der Waals surface area contributed by atoms with Crippen LogP contribution >= 0.6 is 0 Å². The molecule has 1 spiro atoms. The van der Waals surface area contributed by atoms with Crippen LogP contribution in [-0.2, 0) is 0 Å². The first-order valence-corrected chi connectivity index (χ1v) is 12.2. The van der Waals surface area contributed by atoms with Crippen molar-refractivity contribution in [2.45, 2.75) is 38.5 Å². The number of benzene rings is 1. The first kappa shape index (κ1) is 21.5. The van der Waals surface area contributed by atoms with Gasteiger partial charge >= 0.3 is 0 Å². The number of piperidine rings is 3. The summed E-state index contributed by atoms with van der Waals surface area (Å²) in [7, 11) is 0. The van der Waals surface area contributed by atoms with Gasteiger partial charge in [-0.05, 0) is 94.2 Å². The van der Waals surface area contributed by atoms with Crippen LogP contribution in [0.5, 0.6) is 5.75 Å². The van der Waals surface area contributed by atoms with E-state index in [2.05, 4.69) is 25.3 Å². The van der Waals surface area contributed by atoms with Crippen LogP contribution in [0.4, 0.5) is 11.5 Å². The van der Waals surface area contributed by atoms with Gasteiger partial charge in [0.15, 0.2) is 5.82 Å². The molecule has 4 N–H and O–H groups in total. The fourth-order valence-electron chi connectivity index (χ4n) is 5.83. The van der Waals surface area contributed by atoms with Crippen molar-refractivity contribution < 1.29 is 5.11 Å². The van der Waals surface area contributed by atoms with Crippen LogP contribution in [0.1, 0.15) is 38.5 Å². The highest BCUT2D eigenvalue weighted by Gasteiger charge is 2.38. The van der Waals surface area contributed by atoms with Gasteiger partial charge in [-0.3, -0.25) is 0 Å². The van der Waals surface area contributed by atoms with Crippen LogP contribution in [0.15, 0.2) is 30.3 Å². The highest BCUT2D eigenvalue weighted by Crippen LogP contribution is 2.43. The number of nitrogen functional groups attached to an aromatic ring is 1. The number of likely N-dealkylation sites (tertiary alicyclic amines) is 1. The molecule has 5 rings (SSSR count). The van der Waals surface area contributed by atoms with E-state index < -0.39 is 0 Å². The minimum atomic E-state index is 0.214. The van der Waals surface area contributed by atoms with E-state index >= 15 is 0 Å². The van der Waals surface area contributed by atoms with E-state index in [1.54, 1.807) is 6.07 Å². The van der Waals surface area contributed by atoms with Crippen LogP contribution < -0.4 is 16.0 Å². The molecule has 172 valence electrons. The van der Waals surface area contributed by atoms with Crippen molar-refractivity contribution in [1.82, 2.24) is 20.4 Å². The van der Waals surface area contributed by atoms with Crippen molar-refractivity contribution in [3.05, 3.63) is 30.3 Å². The number of nitrogens with two attached hydrogens (primary N) is 1. The maximum atomic E-state index is 10.2. The van der Waals surface area contributed by atoms with Gasteiger partial charge < -0.3 is 26.0 Å². The minimum Gasteiger partial charge on any atom is -0.507 e. The zero-order chi connectivity index (χ0) is 22.0. The fourth-order valence-corrected chi connectivity index (χ4v) is 5.83. The summed E-state index contributed by atoms with van der Waals surface area (Å²) >= 11 is 0. The highest BCUT2D eigenvalue weighted by atomic mass is 16.3. The lowest BCUT2D eigenvalue weighted by atomic mass is 9.71. The number of aromatic hydroxyl groups is 1. The molecule has 0 amide bonds. The molecule has 0 atom stereocenters. The predicted octanol–water partition coefficient (Wildman–Crippen LogP) is 3.11. The quantitative estimate of drug-likeness (QED) is 0.678. The number of phenolic OH excluding ortho intramolecular Hbond substituents is 1. The number of hydrogen-bond acceptors (Lipinski definition) is 7. The highest BCUT2D eigenvalue weighted by molar-refractivity contribution is 5.74. The Morgan fingerprint density at radius 1 is 1.00 bits per heavy atom.